The Hall–Kier alpha value is -4.13. The van der Waals surface area contributed by atoms with Crippen molar-refractivity contribution in [1.82, 2.24) is 10.2 Å². The molecule has 1 fully saturated rings. The highest BCUT2D eigenvalue weighted by Crippen LogP contribution is 2.25. The second kappa shape index (κ2) is 9.56. The number of benzene rings is 2. The molecule has 33 heavy (non-hydrogen) atoms. The third-order valence-electron chi connectivity index (χ3n) is 5.76. The lowest BCUT2D eigenvalue weighted by molar-refractivity contribution is -0.120. The molecule has 0 saturated carbocycles. The zero-order valence-corrected chi connectivity index (χ0v) is 18.1. The van der Waals surface area contributed by atoms with Crippen molar-refractivity contribution in [3.63, 3.8) is 0 Å². The Labute approximate surface area is 192 Å². The predicted octanol–water partition coefficient (Wildman–Crippen LogP) is 5.34. The number of nitrogens with one attached hydrogen (secondary N) is 2. The van der Waals surface area contributed by atoms with Crippen LogP contribution in [0.2, 0.25) is 0 Å². The monoisotopic (exact) mass is 439 g/mol. The summed E-state index contributed by atoms with van der Waals surface area (Å²) in [5.74, 6) is 1.39. The van der Waals surface area contributed by atoms with Crippen LogP contribution in [-0.4, -0.2) is 29.2 Å². The van der Waals surface area contributed by atoms with Gasteiger partial charge in [-0.25, -0.2) is 0 Å². The van der Waals surface area contributed by atoms with Crippen LogP contribution in [0.4, 0.5) is 22.9 Å². The summed E-state index contributed by atoms with van der Waals surface area (Å²) in [6.07, 6.45) is 3.40. The fraction of sp³-hybridized carbons (Fsp3) is 0.192. The third-order valence-corrected chi connectivity index (χ3v) is 5.76. The summed E-state index contributed by atoms with van der Waals surface area (Å²) in [5, 5.41) is 15.0. The number of nitrogens with zero attached hydrogens (tertiary/aromatic N) is 3. The van der Waals surface area contributed by atoms with Gasteiger partial charge in [-0.15, -0.1) is 10.2 Å². The standard InChI is InChI=1S/C26H25N5O2/c32-26(28-22-12-10-21(11-13-22)27-20-7-2-1-3-8-20)19-6-4-16-31(18-19)25-15-14-23(29-30-25)24-9-5-17-33-24/h1-3,5,7-15,17,19,27H,4,6,16,18H2,(H,28,32). The molecule has 4 aromatic rings. The number of anilines is 4. The first-order valence-electron chi connectivity index (χ1n) is 11.1. The van der Waals surface area contributed by atoms with Crippen molar-refractivity contribution < 1.29 is 9.21 Å². The van der Waals surface area contributed by atoms with Crippen LogP contribution in [0.25, 0.3) is 11.5 Å². The van der Waals surface area contributed by atoms with Crippen LogP contribution in [0, 0.1) is 5.92 Å². The van der Waals surface area contributed by atoms with E-state index in [4.69, 9.17) is 4.42 Å². The van der Waals surface area contributed by atoms with Gasteiger partial charge >= 0.3 is 0 Å². The SMILES string of the molecule is O=C(Nc1ccc(Nc2ccccc2)cc1)C1CCCN(c2ccc(-c3ccco3)nn2)C1. The summed E-state index contributed by atoms with van der Waals surface area (Å²) in [6, 6.07) is 25.3. The minimum atomic E-state index is -0.104. The zero-order valence-electron chi connectivity index (χ0n) is 18.1. The maximum absolute atomic E-state index is 12.9. The summed E-state index contributed by atoms with van der Waals surface area (Å²) in [4.78, 5) is 15.1. The summed E-state index contributed by atoms with van der Waals surface area (Å²) >= 11 is 0. The number of rotatable bonds is 6. The van der Waals surface area contributed by atoms with E-state index in [1.54, 1.807) is 6.26 Å². The Morgan fingerprint density at radius 1 is 0.879 bits per heavy atom. The number of furan rings is 1. The minimum Gasteiger partial charge on any atom is -0.463 e. The summed E-state index contributed by atoms with van der Waals surface area (Å²) < 4.78 is 5.37. The Bertz CT molecular complexity index is 1180. The van der Waals surface area contributed by atoms with E-state index in [1.165, 1.54) is 0 Å². The fourth-order valence-corrected chi connectivity index (χ4v) is 4.02. The van der Waals surface area contributed by atoms with Crippen molar-refractivity contribution in [2.45, 2.75) is 12.8 Å². The van der Waals surface area contributed by atoms with Crippen molar-refractivity contribution in [3.8, 4) is 11.5 Å². The van der Waals surface area contributed by atoms with E-state index < -0.39 is 0 Å². The molecule has 0 aliphatic carbocycles. The average Bonchev–Trinajstić information content (AvgIpc) is 3.41. The van der Waals surface area contributed by atoms with E-state index in [9.17, 15) is 4.79 Å². The van der Waals surface area contributed by atoms with Crippen LogP contribution in [0.3, 0.4) is 0 Å². The molecule has 1 saturated heterocycles. The van der Waals surface area contributed by atoms with Crippen LogP contribution in [-0.2, 0) is 4.79 Å². The molecule has 0 spiro atoms. The highest BCUT2D eigenvalue weighted by Gasteiger charge is 2.27. The van der Waals surface area contributed by atoms with Crippen LogP contribution in [0.1, 0.15) is 12.8 Å². The van der Waals surface area contributed by atoms with Gasteiger partial charge in [-0.2, -0.15) is 0 Å². The zero-order chi connectivity index (χ0) is 22.5. The number of amides is 1. The highest BCUT2D eigenvalue weighted by atomic mass is 16.3. The molecule has 7 heteroatoms. The van der Waals surface area contributed by atoms with Gasteiger partial charge in [0.15, 0.2) is 11.6 Å². The lowest BCUT2D eigenvalue weighted by atomic mass is 9.97. The molecule has 5 rings (SSSR count). The number of aromatic nitrogens is 2. The normalized spacial score (nSPS) is 15.8. The number of carbonyl (C=O) groups is 1. The van der Waals surface area contributed by atoms with Crippen LogP contribution in [0.15, 0.2) is 89.5 Å². The predicted molar refractivity (Wildman–Crippen MR) is 129 cm³/mol. The topological polar surface area (TPSA) is 83.3 Å². The highest BCUT2D eigenvalue weighted by molar-refractivity contribution is 5.93. The van der Waals surface area contributed by atoms with Crippen molar-refractivity contribution in [2.75, 3.05) is 28.6 Å². The van der Waals surface area contributed by atoms with Crippen molar-refractivity contribution in [2.24, 2.45) is 5.92 Å². The molecule has 7 nitrogen and oxygen atoms in total. The van der Waals surface area contributed by atoms with E-state index >= 15 is 0 Å². The molecule has 2 aromatic heterocycles. The smallest absolute Gasteiger partial charge is 0.229 e. The Morgan fingerprint density at radius 2 is 1.67 bits per heavy atom. The number of piperidine rings is 1. The first-order chi connectivity index (χ1) is 16.2. The quantitative estimate of drug-likeness (QED) is 0.422. The minimum absolute atomic E-state index is 0.0311. The van der Waals surface area contributed by atoms with Crippen molar-refractivity contribution >= 4 is 28.8 Å². The lowest BCUT2D eigenvalue weighted by Gasteiger charge is -2.32. The second-order valence-corrected chi connectivity index (χ2v) is 8.10. The molecule has 3 heterocycles. The Balaban J connectivity index is 1.18. The Morgan fingerprint density at radius 3 is 2.39 bits per heavy atom. The maximum atomic E-state index is 12.9. The second-order valence-electron chi connectivity index (χ2n) is 8.10. The van der Waals surface area contributed by atoms with Crippen molar-refractivity contribution in [1.29, 1.82) is 0 Å². The molecule has 1 amide bonds. The molecule has 1 atom stereocenters. The summed E-state index contributed by atoms with van der Waals surface area (Å²) in [6.45, 7) is 1.48. The number of hydrogen-bond acceptors (Lipinski definition) is 6. The maximum Gasteiger partial charge on any atom is 0.229 e. The van der Waals surface area contributed by atoms with E-state index in [1.807, 2.05) is 78.9 Å². The lowest BCUT2D eigenvalue weighted by Crippen LogP contribution is -2.41. The Kier molecular flexibility index (Phi) is 6.01. The van der Waals surface area contributed by atoms with Crippen molar-refractivity contribution in [3.05, 3.63) is 85.1 Å². The first-order valence-corrected chi connectivity index (χ1v) is 11.1. The molecular weight excluding hydrogens is 414 g/mol. The van der Waals surface area contributed by atoms with Crippen LogP contribution >= 0.6 is 0 Å². The molecule has 166 valence electrons. The van der Waals surface area contributed by atoms with Gasteiger partial charge in [-0.1, -0.05) is 18.2 Å². The third kappa shape index (κ3) is 5.03. The first kappa shape index (κ1) is 20.8. The van der Waals surface area contributed by atoms with Gasteiger partial charge in [-0.05, 0) is 73.5 Å². The van der Waals surface area contributed by atoms with Gasteiger partial charge in [0.1, 0.15) is 5.69 Å². The number of para-hydroxylation sites is 1. The number of hydrogen-bond donors (Lipinski definition) is 2. The molecule has 1 unspecified atom stereocenters. The van der Waals surface area contributed by atoms with Gasteiger partial charge in [-0.3, -0.25) is 4.79 Å². The molecule has 0 radical (unpaired) electrons. The molecule has 1 aliphatic heterocycles. The molecule has 0 bridgehead atoms. The van der Waals surface area contributed by atoms with Gasteiger partial charge < -0.3 is 20.0 Å². The van der Waals surface area contributed by atoms with Gasteiger partial charge in [0, 0.05) is 30.2 Å². The average molecular weight is 440 g/mol. The van der Waals surface area contributed by atoms with E-state index in [-0.39, 0.29) is 11.8 Å². The molecule has 2 N–H and O–H groups in total. The molecule has 1 aliphatic rings. The van der Waals surface area contributed by atoms with E-state index in [0.717, 1.165) is 42.3 Å². The number of carbonyl (C=O) groups excluding carboxylic acids is 1. The summed E-state index contributed by atoms with van der Waals surface area (Å²) in [5.41, 5.74) is 3.48. The molecular formula is C26H25N5O2. The molecule has 2 aromatic carbocycles. The fourth-order valence-electron chi connectivity index (χ4n) is 4.02. The van der Waals surface area contributed by atoms with Crippen LogP contribution < -0.4 is 15.5 Å². The van der Waals surface area contributed by atoms with E-state index in [2.05, 4.69) is 25.7 Å². The van der Waals surface area contributed by atoms with Gasteiger partial charge in [0.25, 0.3) is 0 Å². The summed E-state index contributed by atoms with van der Waals surface area (Å²) in [7, 11) is 0. The van der Waals surface area contributed by atoms with Gasteiger partial charge in [0.05, 0.1) is 12.2 Å². The van der Waals surface area contributed by atoms with Crippen LogP contribution in [0.5, 0.6) is 0 Å². The van der Waals surface area contributed by atoms with E-state index in [0.29, 0.717) is 18.0 Å². The van der Waals surface area contributed by atoms with Gasteiger partial charge in [0.2, 0.25) is 5.91 Å². The largest absolute Gasteiger partial charge is 0.463 e.